The van der Waals surface area contributed by atoms with Crippen LogP contribution in [0, 0.1) is 28.1 Å². The molecule has 7 heteroatoms. The minimum atomic E-state index is -0.741. The number of carbonyl (C=O) groups excluding carboxylic acids is 1. The second kappa shape index (κ2) is 11.3. The molecule has 0 aliphatic heterocycles. The molecule has 0 aromatic carbocycles. The van der Waals surface area contributed by atoms with Crippen molar-refractivity contribution in [3.63, 3.8) is 0 Å². The van der Waals surface area contributed by atoms with Gasteiger partial charge in [0.2, 0.25) is 11.8 Å². The van der Waals surface area contributed by atoms with Gasteiger partial charge in [0, 0.05) is 35.4 Å². The smallest absolute Gasteiger partial charge is 0.233 e. The number of anilines is 1. The first-order valence-corrected chi connectivity index (χ1v) is 15.1. The summed E-state index contributed by atoms with van der Waals surface area (Å²) in [7, 11) is 1.64. The molecule has 41 heavy (non-hydrogen) atoms. The number of nitrogens with one attached hydrogen (secondary N) is 1. The summed E-state index contributed by atoms with van der Waals surface area (Å²) in [5.41, 5.74) is 6.31. The van der Waals surface area contributed by atoms with E-state index in [2.05, 4.69) is 67.5 Å². The first-order valence-electron chi connectivity index (χ1n) is 14.3. The van der Waals surface area contributed by atoms with Crippen molar-refractivity contribution in [2.24, 2.45) is 16.7 Å². The number of allylic oxidation sites excluding steroid dienone is 10. The van der Waals surface area contributed by atoms with Gasteiger partial charge >= 0.3 is 0 Å². The van der Waals surface area contributed by atoms with Gasteiger partial charge in [-0.3, -0.25) is 4.79 Å². The van der Waals surface area contributed by atoms with Crippen molar-refractivity contribution in [3.8, 4) is 11.9 Å². The molecule has 4 aliphatic carbocycles. The number of carbonyl (C=O) groups is 1. The lowest BCUT2D eigenvalue weighted by atomic mass is 9.46. The maximum atomic E-state index is 14.0. The van der Waals surface area contributed by atoms with Crippen LogP contribution < -0.4 is 10.1 Å². The van der Waals surface area contributed by atoms with Gasteiger partial charge in [-0.25, -0.2) is 9.97 Å². The number of fused-ring (bicyclic) bond motifs is 1. The van der Waals surface area contributed by atoms with Gasteiger partial charge in [0.25, 0.3) is 0 Å². The Kier molecular flexibility index (Phi) is 7.89. The van der Waals surface area contributed by atoms with E-state index in [1.807, 2.05) is 31.4 Å². The highest BCUT2D eigenvalue weighted by Crippen LogP contribution is 2.64. The second-order valence-corrected chi connectivity index (χ2v) is 12.5. The van der Waals surface area contributed by atoms with E-state index in [0.29, 0.717) is 23.9 Å². The van der Waals surface area contributed by atoms with E-state index in [-0.39, 0.29) is 17.7 Å². The molecule has 4 unspecified atom stereocenters. The maximum absolute atomic E-state index is 14.0. The van der Waals surface area contributed by atoms with Crippen molar-refractivity contribution < 1.29 is 9.53 Å². The number of nitriles is 1. The standard InChI is InChI=1S/C34H38N4O2S/c1-7-24(15-14-21(2)26-12-10-16-36-30(26)40-6)17-25-18-41-32(37-25)38-31(39)33(5)19-34(20-35)23(4)22(3)29(33)27-11-8-9-13-28(27)34/h7,9-10,12-16,18,21,29H,8,11,17,19H2,1-6H3,(H,37,38,39)/b15-14-,24-7+. The zero-order valence-corrected chi connectivity index (χ0v) is 25.6. The minimum Gasteiger partial charge on any atom is -0.481 e. The molecule has 0 saturated carbocycles. The van der Waals surface area contributed by atoms with Gasteiger partial charge in [-0.05, 0) is 69.7 Å². The molecular weight excluding hydrogens is 528 g/mol. The van der Waals surface area contributed by atoms with Crippen LogP contribution in [0.4, 0.5) is 5.13 Å². The Morgan fingerprint density at radius 2 is 2.20 bits per heavy atom. The van der Waals surface area contributed by atoms with Crippen molar-refractivity contribution in [3.05, 3.63) is 93.2 Å². The topological polar surface area (TPSA) is 87.9 Å². The van der Waals surface area contributed by atoms with Crippen LogP contribution in [0.3, 0.4) is 0 Å². The van der Waals surface area contributed by atoms with Crippen LogP contribution in [0.15, 0.2) is 82.0 Å². The van der Waals surface area contributed by atoms with E-state index in [1.54, 1.807) is 13.3 Å². The molecule has 0 saturated heterocycles. The molecular formula is C34H38N4O2S. The first-order chi connectivity index (χ1) is 19.7. The highest BCUT2D eigenvalue weighted by Gasteiger charge is 2.60. The fourth-order valence-electron chi connectivity index (χ4n) is 7.00. The van der Waals surface area contributed by atoms with Crippen LogP contribution in [0.5, 0.6) is 5.88 Å². The molecule has 0 radical (unpaired) electrons. The summed E-state index contributed by atoms with van der Waals surface area (Å²) in [6.45, 7) is 10.4. The van der Waals surface area contributed by atoms with E-state index in [9.17, 15) is 10.1 Å². The van der Waals surface area contributed by atoms with Gasteiger partial charge < -0.3 is 10.1 Å². The number of hydrogen-bond acceptors (Lipinski definition) is 6. The van der Waals surface area contributed by atoms with Gasteiger partial charge in [-0.1, -0.05) is 54.5 Å². The fourth-order valence-corrected chi connectivity index (χ4v) is 7.70. The zero-order chi connectivity index (χ0) is 29.4. The molecule has 2 aromatic heterocycles. The highest BCUT2D eigenvalue weighted by molar-refractivity contribution is 7.13. The lowest BCUT2D eigenvalue weighted by Gasteiger charge is -2.55. The third kappa shape index (κ3) is 4.89. The SMILES string of the molecule is C/C=C(\C=C/C(C)c1cccnc1OC)Cc1csc(NC(=O)C2(C)CC3(C#N)C(C)=C(C)C2C2=C3C=CCC2)n1. The number of rotatable bonds is 8. The average Bonchev–Trinajstić information content (AvgIpc) is 3.43. The summed E-state index contributed by atoms with van der Waals surface area (Å²) in [4.78, 5) is 23.0. The summed E-state index contributed by atoms with van der Waals surface area (Å²) in [5.74, 6) is 0.734. The highest BCUT2D eigenvalue weighted by atomic mass is 32.1. The van der Waals surface area contributed by atoms with E-state index in [4.69, 9.17) is 9.72 Å². The third-order valence-corrected chi connectivity index (χ3v) is 10.1. The molecule has 4 atom stereocenters. The van der Waals surface area contributed by atoms with Gasteiger partial charge in [0.05, 0.1) is 24.3 Å². The Bertz CT molecular complexity index is 1570. The Morgan fingerprint density at radius 3 is 2.93 bits per heavy atom. The molecule has 0 spiro atoms. The summed E-state index contributed by atoms with van der Waals surface area (Å²) in [5, 5.41) is 16.2. The number of methoxy groups -OCH3 is 1. The van der Waals surface area contributed by atoms with E-state index in [0.717, 1.165) is 40.8 Å². The third-order valence-electron chi connectivity index (χ3n) is 9.27. The van der Waals surface area contributed by atoms with Crippen molar-refractivity contribution in [1.82, 2.24) is 9.97 Å². The van der Waals surface area contributed by atoms with Crippen LogP contribution in [0.2, 0.25) is 0 Å². The van der Waals surface area contributed by atoms with E-state index >= 15 is 0 Å². The molecule has 6 nitrogen and oxygen atoms in total. The van der Waals surface area contributed by atoms with Gasteiger partial charge in [0.1, 0.15) is 5.41 Å². The lowest BCUT2D eigenvalue weighted by molar-refractivity contribution is -0.128. The number of ether oxygens (including phenoxy) is 1. The fraction of sp³-hybridized carbons (Fsp3) is 0.412. The van der Waals surface area contributed by atoms with Crippen LogP contribution in [0.1, 0.15) is 71.1 Å². The van der Waals surface area contributed by atoms with Crippen LogP contribution in [0.25, 0.3) is 0 Å². The summed E-state index contributed by atoms with van der Waals surface area (Å²) >= 11 is 1.45. The number of pyridine rings is 1. The molecule has 1 amide bonds. The number of nitrogens with zero attached hydrogens (tertiary/aromatic N) is 3. The summed E-state index contributed by atoms with van der Waals surface area (Å²) in [6.07, 6.45) is 15.4. The number of hydrogen-bond donors (Lipinski definition) is 1. The Morgan fingerprint density at radius 1 is 1.39 bits per heavy atom. The van der Waals surface area contributed by atoms with Crippen LogP contribution in [-0.2, 0) is 11.2 Å². The second-order valence-electron chi connectivity index (χ2n) is 11.6. The largest absolute Gasteiger partial charge is 0.481 e. The monoisotopic (exact) mass is 566 g/mol. The summed E-state index contributed by atoms with van der Waals surface area (Å²) in [6, 6.07) is 6.60. The predicted molar refractivity (Wildman–Crippen MR) is 165 cm³/mol. The van der Waals surface area contributed by atoms with Crippen molar-refractivity contribution in [2.45, 2.75) is 66.2 Å². The summed E-state index contributed by atoms with van der Waals surface area (Å²) < 4.78 is 5.42. The molecule has 2 bridgehead atoms. The Balaban J connectivity index is 1.31. The van der Waals surface area contributed by atoms with Crippen molar-refractivity contribution in [2.75, 3.05) is 12.4 Å². The molecule has 1 N–H and O–H groups in total. The number of amides is 1. The molecule has 2 aromatic rings. The van der Waals surface area contributed by atoms with E-state index in [1.165, 1.54) is 22.5 Å². The molecule has 0 fully saturated rings. The van der Waals surface area contributed by atoms with E-state index < -0.39 is 10.8 Å². The normalized spacial score (nSPS) is 26.3. The Labute approximate surface area is 247 Å². The number of aromatic nitrogens is 2. The van der Waals surface area contributed by atoms with Crippen LogP contribution >= 0.6 is 11.3 Å². The first kappa shape index (κ1) is 28.8. The zero-order valence-electron chi connectivity index (χ0n) is 24.7. The molecule has 212 valence electrons. The van der Waals surface area contributed by atoms with Crippen molar-refractivity contribution in [1.29, 1.82) is 5.26 Å². The number of thiazole rings is 1. The Hall–Kier alpha value is -3.76. The lowest BCUT2D eigenvalue weighted by Crippen LogP contribution is -2.53. The quantitative estimate of drug-likeness (QED) is 0.259. The minimum absolute atomic E-state index is 0.0114. The predicted octanol–water partition coefficient (Wildman–Crippen LogP) is 7.87. The molecule has 6 rings (SSSR count). The van der Waals surface area contributed by atoms with Gasteiger partial charge in [-0.2, -0.15) is 5.26 Å². The van der Waals surface area contributed by atoms with Gasteiger partial charge in [0.15, 0.2) is 5.13 Å². The molecule has 2 heterocycles. The molecule has 4 aliphatic rings. The average molecular weight is 567 g/mol. The van der Waals surface area contributed by atoms with Gasteiger partial charge in [-0.15, -0.1) is 11.3 Å². The van der Waals surface area contributed by atoms with Crippen molar-refractivity contribution >= 4 is 22.4 Å². The maximum Gasteiger partial charge on any atom is 0.233 e. The van der Waals surface area contributed by atoms with Crippen LogP contribution in [-0.4, -0.2) is 23.0 Å².